The topological polar surface area (TPSA) is 34.1 Å². The van der Waals surface area contributed by atoms with Crippen LogP contribution in [0.3, 0.4) is 0 Å². The van der Waals surface area contributed by atoms with E-state index in [1.54, 1.807) is 7.11 Å². The van der Waals surface area contributed by atoms with E-state index in [0.717, 1.165) is 22.5 Å². The molecule has 0 aliphatic carbocycles. The van der Waals surface area contributed by atoms with Crippen molar-refractivity contribution in [1.82, 2.24) is 4.98 Å². The van der Waals surface area contributed by atoms with Crippen LogP contribution < -0.4 is 10.1 Å². The first kappa shape index (κ1) is 10.7. The Hall–Kier alpha value is -1.77. The molecule has 3 nitrogen and oxygen atoms in total. The number of aromatic nitrogens is 1. The highest BCUT2D eigenvalue weighted by atomic mass is 16.5. The van der Waals surface area contributed by atoms with Crippen molar-refractivity contribution in [3.8, 4) is 5.75 Å². The van der Waals surface area contributed by atoms with Crippen LogP contribution in [-0.4, -0.2) is 18.1 Å². The molecule has 0 saturated heterocycles. The average Bonchev–Trinajstić information content (AvgIpc) is 2.27. The summed E-state index contributed by atoms with van der Waals surface area (Å²) in [6.45, 7) is 4.19. The van der Waals surface area contributed by atoms with Gasteiger partial charge in [0.25, 0.3) is 0 Å². The summed E-state index contributed by atoms with van der Waals surface area (Å²) in [5, 5.41) is 4.40. The number of nitrogens with one attached hydrogen (secondary N) is 1. The number of hydrogen-bond donors (Lipinski definition) is 1. The van der Waals surface area contributed by atoms with E-state index in [4.69, 9.17) is 4.74 Å². The zero-order valence-corrected chi connectivity index (χ0v) is 9.82. The normalized spacial score (nSPS) is 10.8. The second-order valence-electron chi connectivity index (χ2n) is 4.05. The Morgan fingerprint density at radius 2 is 1.94 bits per heavy atom. The number of fused-ring (bicyclic) bond motifs is 1. The lowest BCUT2D eigenvalue weighted by atomic mass is 10.2. The number of benzene rings is 1. The molecule has 1 N–H and O–H groups in total. The molecular formula is C13H16N2O. The van der Waals surface area contributed by atoms with Gasteiger partial charge in [-0.3, -0.25) is 0 Å². The summed E-state index contributed by atoms with van der Waals surface area (Å²) in [5.74, 6) is 1.73. The molecule has 0 saturated carbocycles. The second-order valence-corrected chi connectivity index (χ2v) is 4.05. The van der Waals surface area contributed by atoms with Crippen molar-refractivity contribution in [1.29, 1.82) is 0 Å². The molecule has 0 amide bonds. The molecule has 1 heterocycles. The first-order valence-electron chi connectivity index (χ1n) is 5.40. The molecule has 0 unspecified atom stereocenters. The third-order valence-electron chi connectivity index (χ3n) is 2.34. The van der Waals surface area contributed by atoms with Gasteiger partial charge < -0.3 is 10.1 Å². The van der Waals surface area contributed by atoms with Gasteiger partial charge >= 0.3 is 0 Å². The molecular weight excluding hydrogens is 200 g/mol. The van der Waals surface area contributed by atoms with Crippen molar-refractivity contribution in [3.63, 3.8) is 0 Å². The van der Waals surface area contributed by atoms with E-state index < -0.39 is 0 Å². The smallest absolute Gasteiger partial charge is 0.126 e. The first-order valence-corrected chi connectivity index (χ1v) is 5.40. The Bertz CT molecular complexity index is 494. The fourth-order valence-electron chi connectivity index (χ4n) is 1.60. The van der Waals surface area contributed by atoms with Gasteiger partial charge in [0.15, 0.2) is 0 Å². The van der Waals surface area contributed by atoms with Crippen LogP contribution in [0.15, 0.2) is 30.3 Å². The Labute approximate surface area is 95.5 Å². The molecule has 3 heteroatoms. The third-order valence-corrected chi connectivity index (χ3v) is 2.34. The van der Waals surface area contributed by atoms with Gasteiger partial charge in [-0.05, 0) is 38.1 Å². The van der Waals surface area contributed by atoms with E-state index in [-0.39, 0.29) is 0 Å². The fraction of sp³-hybridized carbons (Fsp3) is 0.308. The van der Waals surface area contributed by atoms with Gasteiger partial charge in [-0.25, -0.2) is 4.98 Å². The van der Waals surface area contributed by atoms with E-state index in [1.165, 1.54) is 0 Å². The summed E-state index contributed by atoms with van der Waals surface area (Å²) in [6, 6.07) is 10.3. The molecule has 0 aliphatic heterocycles. The van der Waals surface area contributed by atoms with Gasteiger partial charge in [0.1, 0.15) is 11.6 Å². The molecule has 0 atom stereocenters. The molecule has 16 heavy (non-hydrogen) atoms. The largest absolute Gasteiger partial charge is 0.497 e. The average molecular weight is 216 g/mol. The van der Waals surface area contributed by atoms with Gasteiger partial charge in [-0.1, -0.05) is 0 Å². The number of ether oxygens (including phenoxy) is 1. The van der Waals surface area contributed by atoms with Crippen molar-refractivity contribution in [2.45, 2.75) is 19.9 Å². The number of pyridine rings is 1. The second kappa shape index (κ2) is 4.39. The van der Waals surface area contributed by atoms with E-state index >= 15 is 0 Å². The zero-order chi connectivity index (χ0) is 11.5. The lowest BCUT2D eigenvalue weighted by molar-refractivity contribution is 0.415. The standard InChI is InChI=1S/C13H16N2O/c1-9(2)14-13-7-5-10-4-6-11(16-3)8-12(10)15-13/h4-9H,1-3H3,(H,14,15). The third kappa shape index (κ3) is 2.24. The molecule has 1 aromatic heterocycles. The van der Waals surface area contributed by atoms with Crippen molar-refractivity contribution >= 4 is 16.7 Å². The highest BCUT2D eigenvalue weighted by molar-refractivity contribution is 5.81. The van der Waals surface area contributed by atoms with E-state index in [9.17, 15) is 0 Å². The summed E-state index contributed by atoms with van der Waals surface area (Å²) in [4.78, 5) is 4.53. The Morgan fingerprint density at radius 3 is 2.62 bits per heavy atom. The van der Waals surface area contributed by atoms with Crippen LogP contribution in [0, 0.1) is 0 Å². The van der Waals surface area contributed by atoms with Gasteiger partial charge in [-0.2, -0.15) is 0 Å². The van der Waals surface area contributed by atoms with Crippen molar-refractivity contribution in [2.75, 3.05) is 12.4 Å². The van der Waals surface area contributed by atoms with Crippen molar-refractivity contribution in [3.05, 3.63) is 30.3 Å². The molecule has 0 radical (unpaired) electrons. The lowest BCUT2D eigenvalue weighted by Gasteiger charge is -2.09. The van der Waals surface area contributed by atoms with Gasteiger partial charge in [0.05, 0.1) is 12.6 Å². The Kier molecular flexibility index (Phi) is 2.95. The van der Waals surface area contributed by atoms with Gasteiger partial charge in [0, 0.05) is 17.5 Å². The number of rotatable bonds is 3. The lowest BCUT2D eigenvalue weighted by Crippen LogP contribution is -2.10. The molecule has 0 aliphatic rings. The summed E-state index contributed by atoms with van der Waals surface area (Å²) in [5.41, 5.74) is 0.949. The highest BCUT2D eigenvalue weighted by Crippen LogP contribution is 2.20. The number of hydrogen-bond acceptors (Lipinski definition) is 3. The van der Waals surface area contributed by atoms with Crippen LogP contribution in [0.2, 0.25) is 0 Å². The molecule has 1 aromatic carbocycles. The van der Waals surface area contributed by atoms with E-state index in [2.05, 4.69) is 30.2 Å². The first-order chi connectivity index (χ1) is 7.69. The predicted molar refractivity (Wildman–Crippen MR) is 67.1 cm³/mol. The predicted octanol–water partition coefficient (Wildman–Crippen LogP) is 3.06. The quantitative estimate of drug-likeness (QED) is 0.856. The van der Waals surface area contributed by atoms with Crippen LogP contribution in [0.25, 0.3) is 10.9 Å². The molecule has 2 aromatic rings. The Balaban J connectivity index is 2.42. The SMILES string of the molecule is COc1ccc2ccc(NC(C)C)nc2c1. The maximum absolute atomic E-state index is 5.18. The summed E-state index contributed by atoms with van der Waals surface area (Å²) in [7, 11) is 1.66. The molecule has 0 bridgehead atoms. The van der Waals surface area contributed by atoms with E-state index in [1.807, 2.05) is 24.3 Å². The number of anilines is 1. The minimum absolute atomic E-state index is 0.385. The molecule has 2 rings (SSSR count). The fourth-order valence-corrected chi connectivity index (χ4v) is 1.60. The van der Waals surface area contributed by atoms with Crippen molar-refractivity contribution in [2.24, 2.45) is 0 Å². The van der Waals surface area contributed by atoms with Crippen LogP contribution in [0.4, 0.5) is 5.82 Å². The summed E-state index contributed by atoms with van der Waals surface area (Å²) >= 11 is 0. The van der Waals surface area contributed by atoms with Crippen LogP contribution in [0.1, 0.15) is 13.8 Å². The minimum atomic E-state index is 0.385. The summed E-state index contributed by atoms with van der Waals surface area (Å²) < 4.78 is 5.18. The van der Waals surface area contributed by atoms with Crippen LogP contribution >= 0.6 is 0 Å². The highest BCUT2D eigenvalue weighted by Gasteiger charge is 2.01. The minimum Gasteiger partial charge on any atom is -0.497 e. The molecule has 0 spiro atoms. The number of nitrogens with zero attached hydrogens (tertiary/aromatic N) is 1. The maximum Gasteiger partial charge on any atom is 0.126 e. The monoisotopic (exact) mass is 216 g/mol. The molecule has 0 fully saturated rings. The van der Waals surface area contributed by atoms with E-state index in [0.29, 0.717) is 6.04 Å². The van der Waals surface area contributed by atoms with Gasteiger partial charge in [-0.15, -0.1) is 0 Å². The Morgan fingerprint density at radius 1 is 1.19 bits per heavy atom. The summed E-state index contributed by atoms with van der Waals surface area (Å²) in [6.07, 6.45) is 0. The van der Waals surface area contributed by atoms with Crippen LogP contribution in [-0.2, 0) is 0 Å². The number of methoxy groups -OCH3 is 1. The molecule has 84 valence electrons. The van der Waals surface area contributed by atoms with Crippen LogP contribution in [0.5, 0.6) is 5.75 Å². The maximum atomic E-state index is 5.18. The van der Waals surface area contributed by atoms with Gasteiger partial charge in [0.2, 0.25) is 0 Å². The zero-order valence-electron chi connectivity index (χ0n) is 9.82. The van der Waals surface area contributed by atoms with Crippen molar-refractivity contribution < 1.29 is 4.74 Å².